The average Bonchev–Trinajstić information content (AvgIpc) is 2.52. The highest BCUT2D eigenvalue weighted by Gasteiger charge is 2.33. The number of hydrogen-bond acceptors (Lipinski definition) is 3. The molecule has 0 heterocycles. The number of hydrazone groups is 1. The molecule has 0 aliphatic rings. The minimum atomic E-state index is -4.44. The summed E-state index contributed by atoms with van der Waals surface area (Å²) in [7, 11) is 0. The number of nitrogens with one attached hydrogen (secondary N) is 1. The van der Waals surface area contributed by atoms with Gasteiger partial charge in [0.1, 0.15) is 0 Å². The molecule has 0 aromatic heterocycles. The molecule has 2 aromatic rings. The lowest BCUT2D eigenvalue weighted by Crippen LogP contribution is -2.09. The molecule has 0 unspecified atom stereocenters. The second kappa shape index (κ2) is 6.31. The number of hydrogen-bond donors (Lipinski definition) is 1. The lowest BCUT2D eigenvalue weighted by Gasteiger charge is -2.12. The van der Waals surface area contributed by atoms with Crippen LogP contribution in [0.3, 0.4) is 0 Å². The maximum Gasteiger partial charge on any atom is 0.418 e. The van der Waals surface area contributed by atoms with Crippen molar-refractivity contribution in [3.05, 3.63) is 65.2 Å². The van der Waals surface area contributed by atoms with Gasteiger partial charge in [-0.1, -0.05) is 24.3 Å². The van der Waals surface area contributed by atoms with Crippen LogP contribution >= 0.6 is 0 Å². The molecular formula is C16H12F3N3. The van der Waals surface area contributed by atoms with Crippen molar-refractivity contribution in [2.24, 2.45) is 5.10 Å². The number of benzene rings is 2. The predicted octanol–water partition coefficient (Wildman–Crippen LogP) is 4.41. The largest absolute Gasteiger partial charge is 0.418 e. The van der Waals surface area contributed by atoms with Gasteiger partial charge in [0.15, 0.2) is 0 Å². The molecule has 3 nitrogen and oxygen atoms in total. The Morgan fingerprint density at radius 2 is 1.73 bits per heavy atom. The Bertz CT molecular complexity index is 726. The van der Waals surface area contributed by atoms with Gasteiger partial charge in [0.25, 0.3) is 0 Å². The van der Waals surface area contributed by atoms with Crippen LogP contribution in [0.5, 0.6) is 0 Å². The molecule has 0 amide bonds. The van der Waals surface area contributed by atoms with E-state index in [9.17, 15) is 13.2 Å². The summed E-state index contributed by atoms with van der Waals surface area (Å²) in [6.07, 6.45) is -4.44. The lowest BCUT2D eigenvalue weighted by atomic mass is 10.1. The first kappa shape index (κ1) is 15.6. The van der Waals surface area contributed by atoms with Crippen LogP contribution in [0.25, 0.3) is 0 Å². The van der Waals surface area contributed by atoms with Crippen molar-refractivity contribution in [3.8, 4) is 6.07 Å². The Morgan fingerprint density at radius 1 is 1.09 bits per heavy atom. The van der Waals surface area contributed by atoms with E-state index in [2.05, 4.69) is 10.5 Å². The van der Waals surface area contributed by atoms with Gasteiger partial charge in [-0.3, -0.25) is 5.43 Å². The molecule has 0 saturated heterocycles. The molecule has 112 valence electrons. The number of nitriles is 1. The van der Waals surface area contributed by atoms with Gasteiger partial charge in [0, 0.05) is 0 Å². The molecule has 0 radical (unpaired) electrons. The summed E-state index contributed by atoms with van der Waals surface area (Å²) in [5, 5.41) is 12.7. The second-order valence-electron chi connectivity index (χ2n) is 4.54. The Balaban J connectivity index is 2.23. The van der Waals surface area contributed by atoms with Gasteiger partial charge < -0.3 is 0 Å². The van der Waals surface area contributed by atoms with E-state index >= 15 is 0 Å². The van der Waals surface area contributed by atoms with E-state index in [1.165, 1.54) is 18.2 Å². The Morgan fingerprint density at radius 3 is 2.32 bits per heavy atom. The summed E-state index contributed by atoms with van der Waals surface area (Å²) in [6, 6.07) is 13.8. The van der Waals surface area contributed by atoms with Crippen LogP contribution < -0.4 is 5.43 Å². The number of halogens is 3. The van der Waals surface area contributed by atoms with E-state index in [1.807, 2.05) is 6.07 Å². The van der Waals surface area contributed by atoms with Gasteiger partial charge in [0.05, 0.1) is 28.6 Å². The smallest absolute Gasteiger partial charge is 0.278 e. The van der Waals surface area contributed by atoms with Crippen LogP contribution in [-0.4, -0.2) is 5.71 Å². The van der Waals surface area contributed by atoms with Crippen molar-refractivity contribution in [2.75, 3.05) is 5.43 Å². The average molecular weight is 303 g/mol. The molecule has 0 spiro atoms. The number of alkyl halides is 3. The predicted molar refractivity (Wildman–Crippen MR) is 78.4 cm³/mol. The Kier molecular flexibility index (Phi) is 4.47. The van der Waals surface area contributed by atoms with E-state index < -0.39 is 11.7 Å². The molecule has 0 bridgehead atoms. The van der Waals surface area contributed by atoms with Crippen LogP contribution in [0.2, 0.25) is 0 Å². The third kappa shape index (κ3) is 3.64. The van der Waals surface area contributed by atoms with E-state index in [0.29, 0.717) is 11.3 Å². The maximum atomic E-state index is 12.9. The Hall–Kier alpha value is -2.81. The quantitative estimate of drug-likeness (QED) is 0.674. The third-order valence-corrected chi connectivity index (χ3v) is 3.01. The number of rotatable bonds is 3. The summed E-state index contributed by atoms with van der Waals surface area (Å²) in [6.45, 7) is 1.67. The van der Waals surface area contributed by atoms with Crippen molar-refractivity contribution in [2.45, 2.75) is 13.1 Å². The number of para-hydroxylation sites is 1. The number of anilines is 1. The Labute approximate surface area is 125 Å². The molecule has 0 atom stereocenters. The van der Waals surface area contributed by atoms with Crippen molar-refractivity contribution in [1.82, 2.24) is 0 Å². The van der Waals surface area contributed by atoms with Crippen LogP contribution in [0, 0.1) is 11.3 Å². The van der Waals surface area contributed by atoms with Crippen molar-refractivity contribution >= 4 is 11.4 Å². The van der Waals surface area contributed by atoms with Gasteiger partial charge in [-0.05, 0) is 36.8 Å². The van der Waals surface area contributed by atoms with Gasteiger partial charge in [0.2, 0.25) is 0 Å². The fraction of sp³-hybridized carbons (Fsp3) is 0.125. The minimum Gasteiger partial charge on any atom is -0.278 e. The maximum absolute atomic E-state index is 12.9. The van der Waals surface area contributed by atoms with E-state index in [-0.39, 0.29) is 5.69 Å². The van der Waals surface area contributed by atoms with Crippen LogP contribution in [0.15, 0.2) is 53.6 Å². The van der Waals surface area contributed by atoms with E-state index in [1.54, 1.807) is 31.2 Å². The first-order valence-electron chi connectivity index (χ1n) is 6.39. The molecule has 0 aliphatic heterocycles. The summed E-state index contributed by atoms with van der Waals surface area (Å²) < 4.78 is 38.6. The van der Waals surface area contributed by atoms with Gasteiger partial charge >= 0.3 is 6.18 Å². The van der Waals surface area contributed by atoms with Crippen LogP contribution in [0.4, 0.5) is 18.9 Å². The highest BCUT2D eigenvalue weighted by atomic mass is 19.4. The molecule has 2 aromatic carbocycles. The topological polar surface area (TPSA) is 48.2 Å². The third-order valence-electron chi connectivity index (χ3n) is 3.01. The standard InChI is InChI=1S/C16H12F3N3/c1-11(13-8-6-12(10-20)7-9-13)21-22-15-5-3-2-4-14(15)16(17,18)19/h2-9,22H,1H3. The van der Waals surface area contributed by atoms with E-state index in [0.717, 1.165) is 11.6 Å². The van der Waals surface area contributed by atoms with Crippen molar-refractivity contribution < 1.29 is 13.2 Å². The zero-order valence-electron chi connectivity index (χ0n) is 11.6. The molecule has 6 heteroatoms. The summed E-state index contributed by atoms with van der Waals surface area (Å²) in [5.74, 6) is 0. The molecule has 0 aliphatic carbocycles. The summed E-state index contributed by atoms with van der Waals surface area (Å²) in [4.78, 5) is 0. The lowest BCUT2D eigenvalue weighted by molar-refractivity contribution is -0.136. The summed E-state index contributed by atoms with van der Waals surface area (Å²) in [5.41, 5.74) is 3.31. The molecule has 22 heavy (non-hydrogen) atoms. The molecule has 0 fully saturated rings. The minimum absolute atomic E-state index is 0.108. The zero-order chi connectivity index (χ0) is 16.2. The number of nitrogens with zero attached hydrogens (tertiary/aromatic N) is 2. The van der Waals surface area contributed by atoms with Crippen LogP contribution in [-0.2, 0) is 6.18 Å². The second-order valence-corrected chi connectivity index (χ2v) is 4.54. The monoisotopic (exact) mass is 303 g/mol. The molecular weight excluding hydrogens is 291 g/mol. The fourth-order valence-electron chi connectivity index (χ4n) is 1.82. The highest BCUT2D eigenvalue weighted by Crippen LogP contribution is 2.34. The van der Waals surface area contributed by atoms with Crippen molar-refractivity contribution in [3.63, 3.8) is 0 Å². The highest BCUT2D eigenvalue weighted by molar-refractivity contribution is 5.99. The first-order chi connectivity index (χ1) is 10.4. The van der Waals surface area contributed by atoms with Crippen molar-refractivity contribution in [1.29, 1.82) is 5.26 Å². The fourth-order valence-corrected chi connectivity index (χ4v) is 1.82. The van der Waals surface area contributed by atoms with Gasteiger partial charge in [-0.15, -0.1) is 0 Å². The molecule has 1 N–H and O–H groups in total. The normalized spacial score (nSPS) is 11.9. The van der Waals surface area contributed by atoms with Gasteiger partial charge in [-0.25, -0.2) is 0 Å². The molecule has 2 rings (SSSR count). The zero-order valence-corrected chi connectivity index (χ0v) is 11.6. The van der Waals surface area contributed by atoms with E-state index in [4.69, 9.17) is 5.26 Å². The van der Waals surface area contributed by atoms with Crippen LogP contribution in [0.1, 0.15) is 23.6 Å². The first-order valence-corrected chi connectivity index (χ1v) is 6.39. The van der Waals surface area contributed by atoms with Gasteiger partial charge in [-0.2, -0.15) is 23.5 Å². The molecule has 0 saturated carbocycles. The SMILES string of the molecule is CC(=NNc1ccccc1C(F)(F)F)c1ccc(C#N)cc1. The summed E-state index contributed by atoms with van der Waals surface area (Å²) >= 11 is 0.